The van der Waals surface area contributed by atoms with E-state index in [1.165, 1.54) is 19.1 Å². The summed E-state index contributed by atoms with van der Waals surface area (Å²) in [7, 11) is 1.61. The summed E-state index contributed by atoms with van der Waals surface area (Å²) in [6.07, 6.45) is 6.98. The zero-order valence-corrected chi connectivity index (χ0v) is 24.1. The third-order valence-electron chi connectivity index (χ3n) is 7.96. The number of halogens is 3. The van der Waals surface area contributed by atoms with E-state index in [4.69, 9.17) is 11.2 Å². The maximum atomic E-state index is 15.5. The van der Waals surface area contributed by atoms with Crippen molar-refractivity contribution in [3.63, 3.8) is 0 Å². The van der Waals surface area contributed by atoms with Crippen LogP contribution in [0.15, 0.2) is 30.3 Å². The highest BCUT2D eigenvalue weighted by atomic mass is 19.3. The number of methoxy groups -OCH3 is 1. The third-order valence-corrected chi connectivity index (χ3v) is 7.96. The van der Waals surface area contributed by atoms with Gasteiger partial charge >= 0.3 is 5.92 Å². The van der Waals surface area contributed by atoms with Crippen molar-refractivity contribution in [2.75, 3.05) is 25.5 Å². The van der Waals surface area contributed by atoms with Crippen LogP contribution in [0.5, 0.6) is 0 Å². The maximum absolute atomic E-state index is 15.5. The van der Waals surface area contributed by atoms with E-state index in [1.54, 1.807) is 31.9 Å². The van der Waals surface area contributed by atoms with E-state index >= 15 is 4.39 Å². The molecule has 10 heteroatoms. The Morgan fingerprint density at radius 2 is 1.90 bits per heavy atom. The number of benzene rings is 2. The molecular formula is C31H35F3N4O3. The molecule has 4 rings (SSSR count). The number of aryl methyl sites for hydroxylation is 1. The smallest absolute Gasteiger partial charge is 0.303 e. The van der Waals surface area contributed by atoms with Crippen LogP contribution in [0.3, 0.4) is 0 Å². The van der Waals surface area contributed by atoms with Gasteiger partial charge in [-0.25, -0.2) is 14.4 Å². The van der Waals surface area contributed by atoms with Gasteiger partial charge in [-0.1, -0.05) is 18.1 Å². The summed E-state index contributed by atoms with van der Waals surface area (Å²) in [6, 6.07) is 6.58. The first-order valence-electron chi connectivity index (χ1n) is 13.4. The lowest BCUT2D eigenvalue weighted by Gasteiger charge is -2.41. The molecule has 2 aromatic carbocycles. The Bertz CT molecular complexity index is 1520. The van der Waals surface area contributed by atoms with Crippen LogP contribution in [0.1, 0.15) is 74.7 Å². The maximum Gasteiger partial charge on any atom is 0.303 e. The number of hydrogen-bond acceptors (Lipinski definition) is 6. The number of alkyl halides is 2. The predicted octanol–water partition coefficient (Wildman–Crippen LogP) is 5.58. The van der Waals surface area contributed by atoms with Crippen LogP contribution in [-0.4, -0.2) is 51.7 Å². The highest BCUT2D eigenvalue weighted by Gasteiger charge is 2.49. The summed E-state index contributed by atoms with van der Waals surface area (Å²) < 4.78 is 51.4. The van der Waals surface area contributed by atoms with Crippen LogP contribution in [0.2, 0.25) is 0 Å². The van der Waals surface area contributed by atoms with Crippen LogP contribution in [0, 0.1) is 25.1 Å². The van der Waals surface area contributed by atoms with Gasteiger partial charge in [-0.15, -0.1) is 6.42 Å². The number of piperidine rings is 1. The van der Waals surface area contributed by atoms with Crippen molar-refractivity contribution in [3.8, 4) is 12.3 Å². The van der Waals surface area contributed by atoms with E-state index in [2.05, 4.69) is 21.2 Å². The molecule has 2 N–H and O–H groups in total. The Balaban J connectivity index is 1.79. The molecule has 1 fully saturated rings. The van der Waals surface area contributed by atoms with Crippen LogP contribution in [0.4, 0.5) is 19.0 Å². The number of terminal acetylenes is 1. The van der Waals surface area contributed by atoms with Gasteiger partial charge in [0.1, 0.15) is 23.1 Å². The molecule has 41 heavy (non-hydrogen) atoms. The Morgan fingerprint density at radius 1 is 1.24 bits per heavy atom. The normalized spacial score (nSPS) is 16.4. The predicted molar refractivity (Wildman–Crippen MR) is 151 cm³/mol. The van der Waals surface area contributed by atoms with E-state index in [9.17, 15) is 18.7 Å². The Kier molecular flexibility index (Phi) is 8.09. The number of nitrogens with one attached hydrogen (secondary N) is 1. The van der Waals surface area contributed by atoms with Crippen LogP contribution in [0.25, 0.3) is 10.9 Å². The van der Waals surface area contributed by atoms with Crippen molar-refractivity contribution in [2.24, 2.45) is 0 Å². The fourth-order valence-electron chi connectivity index (χ4n) is 5.40. The van der Waals surface area contributed by atoms with Crippen molar-refractivity contribution in [2.45, 2.75) is 70.6 Å². The third kappa shape index (κ3) is 5.48. The van der Waals surface area contributed by atoms with Gasteiger partial charge in [-0.3, -0.25) is 4.79 Å². The molecule has 218 valence electrons. The fraction of sp³-hybridized carbons (Fsp3) is 0.452. The summed E-state index contributed by atoms with van der Waals surface area (Å²) in [5.74, 6) is -1.39. The molecule has 3 aromatic rings. The zero-order chi connectivity index (χ0) is 30.3. The molecule has 1 aromatic heterocycles. The van der Waals surface area contributed by atoms with Gasteiger partial charge in [0.25, 0.3) is 0 Å². The minimum atomic E-state index is -3.82. The first kappa shape index (κ1) is 30.3. The number of aromatic nitrogens is 2. The summed E-state index contributed by atoms with van der Waals surface area (Å²) in [5, 5.41) is 13.8. The number of carbonyl (C=O) groups is 1. The van der Waals surface area contributed by atoms with E-state index in [1.807, 2.05) is 6.07 Å². The molecule has 1 amide bonds. The molecule has 2 heterocycles. The minimum absolute atomic E-state index is 0.00801. The van der Waals surface area contributed by atoms with E-state index in [0.717, 1.165) is 25.5 Å². The molecule has 1 saturated heterocycles. The molecule has 1 aliphatic rings. The second kappa shape index (κ2) is 11.0. The van der Waals surface area contributed by atoms with Gasteiger partial charge in [-0.2, -0.15) is 8.78 Å². The Morgan fingerprint density at radius 3 is 2.46 bits per heavy atom. The first-order chi connectivity index (χ1) is 19.1. The number of aliphatic hydroxyl groups is 1. The molecule has 0 spiro atoms. The number of likely N-dealkylation sites (tertiary alicyclic amines) is 1. The van der Waals surface area contributed by atoms with Gasteiger partial charge in [0.05, 0.1) is 22.7 Å². The summed E-state index contributed by atoms with van der Waals surface area (Å²) in [6.45, 7) is 7.76. The molecule has 0 bridgehead atoms. The Labute approximate surface area is 238 Å². The lowest BCUT2D eigenvalue weighted by atomic mass is 9.81. The van der Waals surface area contributed by atoms with E-state index in [0.29, 0.717) is 54.0 Å². The zero-order valence-electron chi connectivity index (χ0n) is 24.1. The molecule has 7 nitrogen and oxygen atoms in total. The van der Waals surface area contributed by atoms with E-state index in [-0.39, 0.29) is 11.5 Å². The average Bonchev–Trinajstić information content (AvgIpc) is 2.91. The minimum Gasteiger partial charge on any atom is -0.384 e. The standard InChI is InChI=1S/C31H35F3N4O3/c1-8-21-16-26-23(17-25(21)30(41-7)12-14-38(15-13-30)20(4)39)28(37-19(3)36-26)35-18(2)22-10-9-11-24(27(22)32)31(33,34)29(5,6)40/h1,9-11,16-18,40H,12-15H2,2-7H3,(H,35,36,37). The molecule has 0 aliphatic carbocycles. The highest BCUT2D eigenvalue weighted by Crippen LogP contribution is 2.43. The van der Waals surface area contributed by atoms with Crippen molar-refractivity contribution in [3.05, 3.63) is 64.2 Å². The summed E-state index contributed by atoms with van der Waals surface area (Å²) >= 11 is 0. The molecule has 0 saturated carbocycles. The number of amides is 1. The van der Waals surface area contributed by atoms with Gasteiger partial charge < -0.3 is 20.1 Å². The number of fused-ring (bicyclic) bond motifs is 1. The largest absolute Gasteiger partial charge is 0.384 e. The fourth-order valence-corrected chi connectivity index (χ4v) is 5.40. The van der Waals surface area contributed by atoms with Crippen LogP contribution < -0.4 is 5.32 Å². The van der Waals surface area contributed by atoms with Crippen LogP contribution in [-0.2, 0) is 21.1 Å². The second-order valence-electron chi connectivity index (χ2n) is 11.1. The van der Waals surface area contributed by atoms with Crippen molar-refractivity contribution >= 4 is 22.6 Å². The van der Waals surface area contributed by atoms with E-state index < -0.39 is 34.5 Å². The van der Waals surface area contributed by atoms with Gasteiger partial charge in [0, 0.05) is 49.2 Å². The topological polar surface area (TPSA) is 87.6 Å². The Hall–Kier alpha value is -3.68. The van der Waals surface area contributed by atoms with Crippen molar-refractivity contribution < 1.29 is 27.8 Å². The molecule has 0 radical (unpaired) electrons. The lowest BCUT2D eigenvalue weighted by molar-refractivity contribution is -0.170. The molecular weight excluding hydrogens is 533 g/mol. The monoisotopic (exact) mass is 568 g/mol. The molecule has 1 aliphatic heterocycles. The summed E-state index contributed by atoms with van der Waals surface area (Å²) in [5.41, 5.74) is -2.22. The summed E-state index contributed by atoms with van der Waals surface area (Å²) in [4.78, 5) is 22.8. The lowest BCUT2D eigenvalue weighted by Crippen LogP contribution is -2.45. The average molecular weight is 569 g/mol. The second-order valence-corrected chi connectivity index (χ2v) is 11.1. The first-order valence-corrected chi connectivity index (χ1v) is 13.4. The molecule has 1 unspecified atom stereocenters. The van der Waals surface area contributed by atoms with Crippen molar-refractivity contribution in [1.29, 1.82) is 0 Å². The van der Waals surface area contributed by atoms with Crippen LogP contribution >= 0.6 is 0 Å². The number of nitrogens with zero attached hydrogens (tertiary/aromatic N) is 3. The SMILES string of the molecule is C#Cc1cc2nc(C)nc(NC(C)c3cccc(C(F)(F)C(C)(C)O)c3F)c2cc1C1(OC)CCN(C(C)=O)CC1. The van der Waals surface area contributed by atoms with Gasteiger partial charge in [-0.05, 0) is 58.7 Å². The highest BCUT2D eigenvalue weighted by molar-refractivity contribution is 5.91. The van der Waals surface area contributed by atoms with Gasteiger partial charge in [0.15, 0.2) is 0 Å². The van der Waals surface area contributed by atoms with Crippen molar-refractivity contribution in [1.82, 2.24) is 14.9 Å². The number of anilines is 1. The van der Waals surface area contributed by atoms with Gasteiger partial charge in [0.2, 0.25) is 5.91 Å². The quantitative estimate of drug-likeness (QED) is 0.362. The number of ether oxygens (including phenoxy) is 1. The number of carbonyl (C=O) groups excluding carboxylic acids is 1. The number of rotatable bonds is 7. The number of hydrogen-bond donors (Lipinski definition) is 2. The molecule has 1 atom stereocenters.